The molecule has 2 aromatic heterocycles. The molecule has 1 unspecified atom stereocenters. The molecule has 0 saturated heterocycles. The summed E-state index contributed by atoms with van der Waals surface area (Å²) in [6, 6.07) is 16.4. The van der Waals surface area contributed by atoms with Gasteiger partial charge in [-0.1, -0.05) is 43.8 Å². The minimum Gasteiger partial charge on any atom is -0.288 e. The summed E-state index contributed by atoms with van der Waals surface area (Å²) in [6.45, 7) is 5.38. The summed E-state index contributed by atoms with van der Waals surface area (Å²) in [5, 5.41) is 0.951. The zero-order valence-electron chi connectivity index (χ0n) is 14.4. The lowest BCUT2D eigenvalue weighted by atomic mass is 9.89. The molecule has 2 heterocycles. The van der Waals surface area contributed by atoms with Crippen molar-refractivity contribution in [3.8, 4) is 0 Å². The van der Waals surface area contributed by atoms with E-state index in [-0.39, 0.29) is 6.42 Å². The molecule has 0 saturated carbocycles. The molecule has 0 N–H and O–H groups in total. The minimum absolute atomic E-state index is 0.290. The van der Waals surface area contributed by atoms with E-state index in [2.05, 4.69) is 22.8 Å². The van der Waals surface area contributed by atoms with Gasteiger partial charge in [0.15, 0.2) is 5.54 Å². The van der Waals surface area contributed by atoms with Crippen LogP contribution >= 0.6 is 0 Å². The summed E-state index contributed by atoms with van der Waals surface area (Å²) in [4.78, 5) is 35.1. The SMILES string of the molecule is C=CC(=O)N(c1ccccn1)C([C]=O)(CC)c1ccc2ccccc2n1. The van der Waals surface area contributed by atoms with E-state index in [0.29, 0.717) is 11.5 Å². The smallest absolute Gasteiger partial charge is 0.252 e. The highest BCUT2D eigenvalue weighted by atomic mass is 16.2. The summed E-state index contributed by atoms with van der Waals surface area (Å²) in [5.41, 5.74) is -0.219. The highest BCUT2D eigenvalue weighted by Crippen LogP contribution is 2.34. The van der Waals surface area contributed by atoms with Gasteiger partial charge in [-0.25, -0.2) is 9.97 Å². The Morgan fingerprint density at radius 1 is 1.19 bits per heavy atom. The van der Waals surface area contributed by atoms with E-state index in [1.165, 1.54) is 4.90 Å². The topological polar surface area (TPSA) is 63.2 Å². The Morgan fingerprint density at radius 2 is 1.96 bits per heavy atom. The first-order valence-corrected chi connectivity index (χ1v) is 8.29. The van der Waals surface area contributed by atoms with Crippen LogP contribution in [0.1, 0.15) is 19.0 Å². The standard InChI is InChI=1S/C21H18N3O2/c1-3-20(26)24(19-11-7-8-14-22-19)21(4-2,15-25)18-13-12-16-9-5-6-10-17(16)23-18/h3,5-14H,1,4H2,2H3. The monoisotopic (exact) mass is 344 g/mol. The van der Waals surface area contributed by atoms with Gasteiger partial charge >= 0.3 is 0 Å². The van der Waals surface area contributed by atoms with E-state index in [9.17, 15) is 9.59 Å². The van der Waals surface area contributed by atoms with Crippen LogP contribution in [0.3, 0.4) is 0 Å². The van der Waals surface area contributed by atoms with Crippen LogP contribution in [0.25, 0.3) is 10.9 Å². The number of carbonyl (C=O) groups excluding carboxylic acids is 2. The molecular formula is C21H18N3O2. The van der Waals surface area contributed by atoms with Crippen LogP contribution in [0.15, 0.2) is 73.4 Å². The number of rotatable bonds is 6. The van der Waals surface area contributed by atoms with Crippen LogP contribution in [0.4, 0.5) is 5.82 Å². The van der Waals surface area contributed by atoms with Gasteiger partial charge in [-0.05, 0) is 36.8 Å². The highest BCUT2D eigenvalue weighted by molar-refractivity contribution is 6.05. The van der Waals surface area contributed by atoms with Gasteiger partial charge in [0, 0.05) is 11.6 Å². The molecule has 26 heavy (non-hydrogen) atoms. The van der Waals surface area contributed by atoms with E-state index < -0.39 is 11.4 Å². The molecule has 0 spiro atoms. The van der Waals surface area contributed by atoms with Crippen molar-refractivity contribution in [2.24, 2.45) is 0 Å². The molecular weight excluding hydrogens is 326 g/mol. The van der Waals surface area contributed by atoms with Crippen LogP contribution in [-0.4, -0.2) is 22.2 Å². The average Bonchev–Trinajstić information content (AvgIpc) is 2.72. The molecule has 0 bridgehead atoms. The van der Waals surface area contributed by atoms with E-state index in [1.54, 1.807) is 30.5 Å². The Morgan fingerprint density at radius 3 is 2.62 bits per heavy atom. The predicted molar refractivity (Wildman–Crippen MR) is 101 cm³/mol. The summed E-state index contributed by atoms with van der Waals surface area (Å²) >= 11 is 0. The van der Waals surface area contributed by atoms with Gasteiger partial charge in [0.2, 0.25) is 6.29 Å². The molecule has 1 amide bonds. The fourth-order valence-corrected chi connectivity index (χ4v) is 2.99. The van der Waals surface area contributed by atoms with Crippen LogP contribution in [-0.2, 0) is 15.1 Å². The Labute approximate surface area is 152 Å². The molecule has 3 aromatic rings. The fourth-order valence-electron chi connectivity index (χ4n) is 2.99. The summed E-state index contributed by atoms with van der Waals surface area (Å²) < 4.78 is 0. The average molecular weight is 344 g/mol. The maximum absolute atomic E-state index is 12.7. The second kappa shape index (κ2) is 7.27. The molecule has 5 nitrogen and oxygen atoms in total. The zero-order valence-corrected chi connectivity index (χ0v) is 14.4. The van der Waals surface area contributed by atoms with E-state index >= 15 is 0 Å². The lowest BCUT2D eigenvalue weighted by molar-refractivity contribution is -0.115. The molecule has 5 heteroatoms. The Hall–Kier alpha value is -3.34. The number of hydrogen-bond donors (Lipinski definition) is 0. The quantitative estimate of drug-likeness (QED) is 0.641. The summed E-state index contributed by atoms with van der Waals surface area (Å²) in [7, 11) is 0. The number of para-hydroxylation sites is 1. The normalized spacial score (nSPS) is 13.0. The number of anilines is 1. The lowest BCUT2D eigenvalue weighted by Gasteiger charge is -2.37. The third kappa shape index (κ3) is 2.88. The number of amides is 1. The van der Waals surface area contributed by atoms with E-state index in [4.69, 9.17) is 0 Å². The van der Waals surface area contributed by atoms with Crippen LogP contribution < -0.4 is 4.90 Å². The number of carbonyl (C=O) groups is 1. The predicted octanol–water partition coefficient (Wildman–Crippen LogP) is 3.56. The second-order valence-electron chi connectivity index (χ2n) is 5.77. The van der Waals surface area contributed by atoms with Crippen LogP contribution in [0, 0.1) is 0 Å². The van der Waals surface area contributed by atoms with Crippen molar-refractivity contribution < 1.29 is 9.59 Å². The lowest BCUT2D eigenvalue weighted by Crippen LogP contribution is -2.51. The molecule has 1 radical (unpaired) electrons. The number of pyridine rings is 2. The van der Waals surface area contributed by atoms with E-state index in [0.717, 1.165) is 17.0 Å². The Balaban J connectivity index is 2.25. The van der Waals surface area contributed by atoms with Crippen molar-refractivity contribution in [1.29, 1.82) is 0 Å². The first-order valence-electron chi connectivity index (χ1n) is 8.29. The largest absolute Gasteiger partial charge is 0.288 e. The third-order valence-corrected chi connectivity index (χ3v) is 4.36. The maximum Gasteiger partial charge on any atom is 0.252 e. The second-order valence-corrected chi connectivity index (χ2v) is 5.77. The number of fused-ring (bicyclic) bond motifs is 1. The minimum atomic E-state index is -1.40. The van der Waals surface area contributed by atoms with Crippen molar-refractivity contribution >= 4 is 28.9 Å². The zero-order chi connectivity index (χ0) is 18.6. The molecule has 0 aliphatic rings. The van der Waals surface area contributed by atoms with Gasteiger partial charge in [0.1, 0.15) is 5.82 Å². The number of nitrogens with zero attached hydrogens (tertiary/aromatic N) is 3. The van der Waals surface area contributed by atoms with Crippen LogP contribution in [0.5, 0.6) is 0 Å². The van der Waals surface area contributed by atoms with Gasteiger partial charge < -0.3 is 0 Å². The molecule has 1 atom stereocenters. The molecule has 1 aromatic carbocycles. The van der Waals surface area contributed by atoms with Gasteiger partial charge in [0.05, 0.1) is 11.2 Å². The van der Waals surface area contributed by atoms with Crippen molar-refractivity contribution in [1.82, 2.24) is 9.97 Å². The first kappa shape index (κ1) is 17.5. The summed E-state index contributed by atoms with van der Waals surface area (Å²) in [5.74, 6) is -0.0959. The number of hydrogen-bond acceptors (Lipinski definition) is 4. The number of benzene rings is 1. The van der Waals surface area contributed by atoms with Gasteiger partial charge in [-0.15, -0.1) is 0 Å². The van der Waals surface area contributed by atoms with Gasteiger partial charge in [-0.3, -0.25) is 14.5 Å². The Kier molecular flexibility index (Phi) is 4.89. The molecule has 129 valence electrons. The number of aromatic nitrogens is 2. The maximum atomic E-state index is 12.7. The van der Waals surface area contributed by atoms with Crippen molar-refractivity contribution in [3.63, 3.8) is 0 Å². The Bertz CT molecular complexity index is 956. The third-order valence-electron chi connectivity index (χ3n) is 4.36. The molecule has 0 aliphatic heterocycles. The highest BCUT2D eigenvalue weighted by Gasteiger charge is 2.43. The van der Waals surface area contributed by atoms with Crippen LogP contribution in [0.2, 0.25) is 0 Å². The van der Waals surface area contributed by atoms with Gasteiger partial charge in [0.25, 0.3) is 5.91 Å². The molecule has 3 rings (SSSR count). The first-order chi connectivity index (χ1) is 12.7. The molecule has 0 fully saturated rings. The summed E-state index contributed by atoms with van der Waals surface area (Å²) in [6.07, 6.45) is 5.09. The van der Waals surface area contributed by atoms with Crippen molar-refractivity contribution in [2.45, 2.75) is 18.9 Å². The fraction of sp³-hybridized carbons (Fsp3) is 0.143. The van der Waals surface area contributed by atoms with E-state index in [1.807, 2.05) is 37.3 Å². The van der Waals surface area contributed by atoms with Gasteiger partial charge in [-0.2, -0.15) is 0 Å². The molecule has 0 aliphatic carbocycles. The van der Waals surface area contributed by atoms with Crippen molar-refractivity contribution in [2.75, 3.05) is 4.90 Å². The van der Waals surface area contributed by atoms with Crippen molar-refractivity contribution in [3.05, 3.63) is 79.1 Å².